The third-order valence-electron chi connectivity index (χ3n) is 6.92. The lowest BCUT2D eigenvalue weighted by Gasteiger charge is -2.30. The van der Waals surface area contributed by atoms with Crippen LogP contribution in [-0.4, -0.2) is 47.0 Å². The summed E-state index contributed by atoms with van der Waals surface area (Å²) in [5.41, 5.74) is 4.01. The number of amides is 1. The summed E-state index contributed by atoms with van der Waals surface area (Å²) in [5.74, 6) is 1.54. The number of nitro benzene ring substituents is 1. The van der Waals surface area contributed by atoms with Crippen molar-refractivity contribution < 1.29 is 9.72 Å². The molecular weight excluding hydrogens is 432 g/mol. The van der Waals surface area contributed by atoms with E-state index in [1.54, 1.807) is 26.0 Å². The quantitative estimate of drug-likeness (QED) is 0.487. The minimum absolute atomic E-state index is 0.0740. The Morgan fingerprint density at radius 1 is 1.03 bits per heavy atom. The minimum Gasteiger partial charge on any atom is -0.362 e. The van der Waals surface area contributed by atoms with Crippen LogP contribution in [0.1, 0.15) is 71.3 Å². The zero-order valence-corrected chi connectivity index (χ0v) is 20.5. The van der Waals surface area contributed by atoms with E-state index in [9.17, 15) is 14.9 Å². The first-order valence-electron chi connectivity index (χ1n) is 12.1. The molecule has 0 spiro atoms. The molecule has 0 aliphatic heterocycles. The Hall–Kier alpha value is -3.23. The average Bonchev–Trinajstić information content (AvgIpc) is 2.79. The van der Waals surface area contributed by atoms with Crippen LogP contribution in [0.25, 0.3) is 0 Å². The normalized spacial score (nSPS) is 19.8. The van der Waals surface area contributed by atoms with Crippen molar-refractivity contribution in [2.75, 3.05) is 24.3 Å². The van der Waals surface area contributed by atoms with E-state index in [1.165, 1.54) is 24.1 Å². The number of carbonyl (C=O) groups excluding carboxylic acids is 1. The van der Waals surface area contributed by atoms with Gasteiger partial charge in [0.05, 0.1) is 10.6 Å². The Morgan fingerprint density at radius 2 is 1.65 bits per heavy atom. The molecule has 9 heteroatoms. The van der Waals surface area contributed by atoms with Gasteiger partial charge < -0.3 is 15.5 Å². The number of nitro groups is 1. The van der Waals surface area contributed by atoms with E-state index in [4.69, 9.17) is 9.97 Å². The Kier molecular flexibility index (Phi) is 7.00. The first-order valence-corrected chi connectivity index (χ1v) is 12.1. The largest absolute Gasteiger partial charge is 0.362 e. The van der Waals surface area contributed by atoms with Crippen molar-refractivity contribution >= 4 is 23.4 Å². The zero-order valence-electron chi connectivity index (χ0n) is 20.5. The standard InChI is InChI=1S/C25H34N6O3/c1-15-13-17(14-16(2)22(15)31(33)34)24(32)26-18-9-11-19(12-10-18)27-25-28-21-8-6-5-7-20(21)23(29-25)30(3)4/h13-14,18-19H,5-12H2,1-4H3,(H,26,32)(H,27,28,29). The van der Waals surface area contributed by atoms with Crippen LogP contribution in [0.15, 0.2) is 12.1 Å². The van der Waals surface area contributed by atoms with E-state index in [0.29, 0.717) is 22.6 Å². The smallest absolute Gasteiger partial charge is 0.275 e. The SMILES string of the molecule is Cc1cc(C(=O)NC2CCC(Nc3nc4c(c(N(C)C)n3)CCCC4)CC2)cc(C)c1[N+](=O)[O-]. The molecule has 1 saturated carbocycles. The van der Waals surface area contributed by atoms with Gasteiger partial charge in [-0.15, -0.1) is 0 Å². The van der Waals surface area contributed by atoms with Crippen molar-refractivity contribution in [1.29, 1.82) is 0 Å². The molecular formula is C25H34N6O3. The fourth-order valence-corrected chi connectivity index (χ4v) is 5.22. The highest BCUT2D eigenvalue weighted by Crippen LogP contribution is 2.30. The Bertz CT molecular complexity index is 1070. The predicted molar refractivity (Wildman–Crippen MR) is 133 cm³/mol. The van der Waals surface area contributed by atoms with Crippen LogP contribution >= 0.6 is 0 Å². The number of hydrogen-bond acceptors (Lipinski definition) is 7. The number of benzene rings is 1. The fraction of sp³-hybridized carbons (Fsp3) is 0.560. The van der Waals surface area contributed by atoms with Crippen molar-refractivity contribution in [2.45, 2.75) is 77.3 Å². The summed E-state index contributed by atoms with van der Waals surface area (Å²) in [7, 11) is 4.06. The van der Waals surface area contributed by atoms with Gasteiger partial charge in [-0.25, -0.2) is 4.98 Å². The molecule has 0 unspecified atom stereocenters. The summed E-state index contributed by atoms with van der Waals surface area (Å²) in [6, 6.07) is 3.56. The van der Waals surface area contributed by atoms with Gasteiger partial charge in [0.25, 0.3) is 11.6 Å². The number of aryl methyl sites for hydroxylation is 3. The number of aromatic nitrogens is 2. The van der Waals surface area contributed by atoms with E-state index < -0.39 is 4.92 Å². The van der Waals surface area contributed by atoms with Crippen LogP contribution in [0.2, 0.25) is 0 Å². The van der Waals surface area contributed by atoms with Gasteiger partial charge in [-0.1, -0.05) is 0 Å². The summed E-state index contributed by atoms with van der Waals surface area (Å²) >= 11 is 0. The number of carbonyl (C=O) groups is 1. The molecule has 9 nitrogen and oxygen atoms in total. The lowest BCUT2D eigenvalue weighted by molar-refractivity contribution is -0.386. The average molecular weight is 467 g/mol. The maximum atomic E-state index is 12.8. The van der Waals surface area contributed by atoms with Crippen molar-refractivity contribution in [3.8, 4) is 0 Å². The molecule has 1 aromatic carbocycles. The van der Waals surface area contributed by atoms with Gasteiger partial charge in [0.1, 0.15) is 5.82 Å². The first-order chi connectivity index (χ1) is 16.2. The zero-order chi connectivity index (χ0) is 24.4. The molecule has 2 aliphatic carbocycles. The molecule has 182 valence electrons. The van der Waals surface area contributed by atoms with E-state index in [0.717, 1.165) is 44.3 Å². The molecule has 1 aromatic heterocycles. The lowest BCUT2D eigenvalue weighted by Crippen LogP contribution is -2.40. The lowest BCUT2D eigenvalue weighted by atomic mass is 9.91. The van der Waals surface area contributed by atoms with E-state index >= 15 is 0 Å². The third-order valence-corrected chi connectivity index (χ3v) is 6.92. The van der Waals surface area contributed by atoms with E-state index in [2.05, 4.69) is 15.5 Å². The summed E-state index contributed by atoms with van der Waals surface area (Å²) < 4.78 is 0. The highest BCUT2D eigenvalue weighted by molar-refractivity contribution is 5.95. The number of rotatable bonds is 6. The van der Waals surface area contributed by atoms with Crippen LogP contribution in [-0.2, 0) is 12.8 Å². The molecule has 2 N–H and O–H groups in total. The second kappa shape index (κ2) is 9.95. The summed E-state index contributed by atoms with van der Waals surface area (Å²) in [4.78, 5) is 35.3. The number of fused-ring (bicyclic) bond motifs is 1. The second-order valence-electron chi connectivity index (χ2n) is 9.78. The van der Waals surface area contributed by atoms with Crippen molar-refractivity contribution in [3.05, 3.63) is 50.2 Å². The monoisotopic (exact) mass is 466 g/mol. The summed E-state index contributed by atoms with van der Waals surface area (Å²) in [6.45, 7) is 3.34. The Morgan fingerprint density at radius 3 is 2.26 bits per heavy atom. The van der Waals surface area contributed by atoms with Gasteiger partial charge in [-0.2, -0.15) is 4.98 Å². The number of nitrogens with zero attached hydrogens (tertiary/aromatic N) is 4. The van der Waals surface area contributed by atoms with Gasteiger partial charge >= 0.3 is 0 Å². The molecule has 1 amide bonds. The molecule has 2 aromatic rings. The highest BCUT2D eigenvalue weighted by Gasteiger charge is 2.26. The minimum atomic E-state index is -0.394. The number of hydrogen-bond donors (Lipinski definition) is 2. The van der Waals surface area contributed by atoms with Crippen LogP contribution in [0.5, 0.6) is 0 Å². The molecule has 4 rings (SSSR count). The van der Waals surface area contributed by atoms with Gasteiger partial charge in [0.15, 0.2) is 0 Å². The van der Waals surface area contributed by atoms with Gasteiger partial charge in [0.2, 0.25) is 5.95 Å². The molecule has 0 saturated heterocycles. The van der Waals surface area contributed by atoms with Gasteiger partial charge in [-0.3, -0.25) is 14.9 Å². The van der Waals surface area contributed by atoms with Crippen LogP contribution in [0.3, 0.4) is 0 Å². The molecule has 2 aliphatic rings. The molecule has 34 heavy (non-hydrogen) atoms. The van der Waals surface area contributed by atoms with Crippen LogP contribution in [0.4, 0.5) is 17.5 Å². The molecule has 0 radical (unpaired) electrons. The van der Waals surface area contributed by atoms with Crippen molar-refractivity contribution in [3.63, 3.8) is 0 Å². The summed E-state index contributed by atoms with van der Waals surface area (Å²) in [6.07, 6.45) is 7.98. The molecule has 0 bridgehead atoms. The van der Waals surface area contributed by atoms with Crippen molar-refractivity contribution in [2.24, 2.45) is 0 Å². The van der Waals surface area contributed by atoms with Crippen molar-refractivity contribution in [1.82, 2.24) is 15.3 Å². The third kappa shape index (κ3) is 5.13. The topological polar surface area (TPSA) is 113 Å². The number of nitrogens with one attached hydrogen (secondary N) is 2. The summed E-state index contributed by atoms with van der Waals surface area (Å²) in [5, 5.41) is 17.9. The molecule has 0 atom stereocenters. The Balaban J connectivity index is 1.36. The number of anilines is 2. The predicted octanol–water partition coefficient (Wildman–Crippen LogP) is 4.10. The maximum Gasteiger partial charge on any atom is 0.275 e. The second-order valence-corrected chi connectivity index (χ2v) is 9.78. The molecule has 1 heterocycles. The Labute approximate surface area is 200 Å². The van der Waals surface area contributed by atoms with E-state index in [-0.39, 0.29) is 23.7 Å². The maximum absolute atomic E-state index is 12.8. The van der Waals surface area contributed by atoms with E-state index in [1.807, 2.05) is 14.1 Å². The van der Waals surface area contributed by atoms with Gasteiger partial charge in [-0.05, 0) is 77.3 Å². The first kappa shape index (κ1) is 23.9. The molecule has 1 fully saturated rings. The van der Waals surface area contributed by atoms with Crippen LogP contribution < -0.4 is 15.5 Å². The van der Waals surface area contributed by atoms with Crippen LogP contribution in [0, 0.1) is 24.0 Å². The highest BCUT2D eigenvalue weighted by atomic mass is 16.6. The fourth-order valence-electron chi connectivity index (χ4n) is 5.22. The van der Waals surface area contributed by atoms with Gasteiger partial charge in [0, 0.05) is 48.4 Å².